The Labute approximate surface area is 202 Å². The molecule has 0 bridgehead atoms. The first-order valence-electron chi connectivity index (χ1n) is 11.3. The second kappa shape index (κ2) is 11.7. The molecule has 0 saturated carbocycles. The van der Waals surface area contributed by atoms with Crippen LogP contribution >= 0.6 is 0 Å². The molecule has 2 amide bonds. The van der Waals surface area contributed by atoms with Crippen LogP contribution in [0.2, 0.25) is 0 Å². The number of nitrogens with one attached hydrogen (secondary N) is 1. The maximum atomic E-state index is 13.3. The van der Waals surface area contributed by atoms with Gasteiger partial charge in [-0.2, -0.15) is 0 Å². The molecule has 0 fully saturated rings. The molecule has 184 valence electrons. The number of primary amides is 1. The molecule has 0 atom stereocenters. The van der Waals surface area contributed by atoms with Crippen LogP contribution in [-0.2, 0) is 29.1 Å². The topological polar surface area (TPSA) is 154 Å². The van der Waals surface area contributed by atoms with Gasteiger partial charge in [0, 0.05) is 6.54 Å². The number of aromatic nitrogens is 2. The Balaban J connectivity index is 1.90. The van der Waals surface area contributed by atoms with Gasteiger partial charge in [-0.3, -0.25) is 28.8 Å². The minimum absolute atomic E-state index is 0.0554. The summed E-state index contributed by atoms with van der Waals surface area (Å²) in [6.07, 6.45) is 1.59. The number of nitrogen functional groups attached to an aromatic ring is 1. The molecule has 0 spiro atoms. The summed E-state index contributed by atoms with van der Waals surface area (Å²) in [5.74, 6) is -0.644. The fourth-order valence-corrected chi connectivity index (χ4v) is 3.56. The normalized spacial score (nSPS) is 10.7. The molecule has 10 heteroatoms. The van der Waals surface area contributed by atoms with E-state index in [0.717, 1.165) is 17.5 Å². The van der Waals surface area contributed by atoms with Gasteiger partial charge < -0.3 is 16.2 Å². The molecule has 2 aromatic carbocycles. The lowest BCUT2D eigenvalue weighted by Gasteiger charge is -2.25. The molecule has 35 heavy (non-hydrogen) atoms. The summed E-state index contributed by atoms with van der Waals surface area (Å²) in [7, 11) is 0. The predicted molar refractivity (Wildman–Crippen MR) is 133 cm³/mol. The number of ether oxygens (including phenoxy) is 1. The lowest BCUT2D eigenvalue weighted by molar-refractivity contribution is -0.120. The number of nitrogens with zero attached hydrogens (tertiary/aromatic N) is 2. The highest BCUT2D eigenvalue weighted by Gasteiger charge is 2.25. The Morgan fingerprint density at radius 1 is 1.03 bits per heavy atom. The minimum atomic E-state index is -0.750. The van der Waals surface area contributed by atoms with Gasteiger partial charge in [-0.15, -0.1) is 0 Å². The van der Waals surface area contributed by atoms with E-state index in [0.29, 0.717) is 18.7 Å². The molecule has 0 aliphatic carbocycles. The summed E-state index contributed by atoms with van der Waals surface area (Å²) < 4.78 is 6.91. The number of aromatic amines is 1. The number of benzene rings is 2. The van der Waals surface area contributed by atoms with Crippen LogP contribution in [0.4, 0.5) is 11.5 Å². The van der Waals surface area contributed by atoms with Crippen LogP contribution in [0.3, 0.4) is 0 Å². The smallest absolute Gasteiger partial charge is 0.330 e. The summed E-state index contributed by atoms with van der Waals surface area (Å²) in [4.78, 5) is 53.0. The molecular formula is C25H29N5O5. The second-order valence-corrected chi connectivity index (χ2v) is 8.04. The molecule has 3 aromatic rings. The van der Waals surface area contributed by atoms with Gasteiger partial charge in [0.1, 0.15) is 11.6 Å². The number of H-pyrrole nitrogens is 1. The lowest BCUT2D eigenvalue weighted by atomic mass is 10.1. The summed E-state index contributed by atoms with van der Waals surface area (Å²) in [5, 5.41) is 0. The van der Waals surface area contributed by atoms with E-state index >= 15 is 0 Å². The van der Waals surface area contributed by atoms with E-state index in [1.54, 1.807) is 24.3 Å². The quantitative estimate of drug-likeness (QED) is 0.379. The van der Waals surface area contributed by atoms with E-state index < -0.39 is 23.1 Å². The zero-order valence-electron chi connectivity index (χ0n) is 19.5. The van der Waals surface area contributed by atoms with Crippen LogP contribution in [0.1, 0.15) is 30.9 Å². The maximum Gasteiger partial charge on any atom is 0.330 e. The standard InChI is InChI=1S/C25H29N5O5/c1-2-3-13-29-23(27)22(24(33)28-25(29)34)30(15-18-7-5-4-6-8-18)21(32)16-35-19-11-9-17(10-12-19)14-20(26)31/h4-12H,2-3,13-16,27H2,1H3,(H2,26,31)(H,28,33,34). The number of hydrogen-bond donors (Lipinski definition) is 3. The fourth-order valence-electron chi connectivity index (χ4n) is 3.56. The molecule has 0 aliphatic heterocycles. The highest BCUT2D eigenvalue weighted by molar-refractivity contribution is 5.96. The third-order valence-corrected chi connectivity index (χ3v) is 5.37. The molecule has 5 N–H and O–H groups in total. The van der Waals surface area contributed by atoms with Gasteiger partial charge in [-0.25, -0.2) is 4.79 Å². The van der Waals surface area contributed by atoms with Crippen molar-refractivity contribution in [1.29, 1.82) is 0 Å². The van der Waals surface area contributed by atoms with E-state index in [1.807, 2.05) is 37.3 Å². The number of amides is 2. The van der Waals surface area contributed by atoms with Crippen LogP contribution in [0.15, 0.2) is 64.2 Å². The van der Waals surface area contributed by atoms with E-state index in [9.17, 15) is 19.2 Å². The van der Waals surface area contributed by atoms with Crippen molar-refractivity contribution in [2.24, 2.45) is 5.73 Å². The van der Waals surface area contributed by atoms with Gasteiger partial charge in [-0.1, -0.05) is 55.8 Å². The van der Waals surface area contributed by atoms with Crippen molar-refractivity contribution in [2.75, 3.05) is 17.2 Å². The minimum Gasteiger partial charge on any atom is -0.484 e. The average molecular weight is 480 g/mol. The first kappa shape index (κ1) is 25.3. The van der Waals surface area contributed by atoms with Crippen molar-refractivity contribution in [3.8, 4) is 5.75 Å². The number of anilines is 2. The SMILES string of the molecule is CCCCn1c(N)c(N(Cc2ccccc2)C(=O)COc2ccc(CC(N)=O)cc2)c(=O)[nH]c1=O. The summed E-state index contributed by atoms with van der Waals surface area (Å²) >= 11 is 0. The van der Waals surface area contributed by atoms with E-state index in [-0.39, 0.29) is 31.1 Å². The van der Waals surface area contributed by atoms with Crippen LogP contribution in [-0.4, -0.2) is 28.0 Å². The van der Waals surface area contributed by atoms with Gasteiger partial charge >= 0.3 is 5.69 Å². The zero-order valence-corrected chi connectivity index (χ0v) is 19.5. The number of unbranched alkanes of at least 4 members (excludes halogenated alkanes) is 1. The van der Waals surface area contributed by atoms with Crippen LogP contribution in [0.5, 0.6) is 5.75 Å². The third-order valence-electron chi connectivity index (χ3n) is 5.37. The van der Waals surface area contributed by atoms with Crippen LogP contribution < -0.4 is 32.4 Å². The molecule has 0 saturated heterocycles. The van der Waals surface area contributed by atoms with Gasteiger partial charge in [0.15, 0.2) is 12.3 Å². The Morgan fingerprint density at radius 2 is 1.71 bits per heavy atom. The summed E-state index contributed by atoms with van der Waals surface area (Å²) in [5.41, 5.74) is 11.5. The number of hydrogen-bond acceptors (Lipinski definition) is 6. The van der Waals surface area contributed by atoms with Gasteiger partial charge in [-0.05, 0) is 29.7 Å². The average Bonchev–Trinajstić information content (AvgIpc) is 2.83. The zero-order chi connectivity index (χ0) is 25.4. The number of carbonyl (C=O) groups excluding carboxylic acids is 2. The van der Waals surface area contributed by atoms with Crippen LogP contribution in [0, 0.1) is 0 Å². The number of rotatable bonds is 11. The summed E-state index contributed by atoms with van der Waals surface area (Å²) in [6, 6.07) is 15.7. The molecule has 0 aliphatic rings. The van der Waals surface area contributed by atoms with Gasteiger partial charge in [0.2, 0.25) is 5.91 Å². The maximum absolute atomic E-state index is 13.3. The first-order valence-corrected chi connectivity index (χ1v) is 11.3. The Bertz CT molecular complexity index is 1280. The monoisotopic (exact) mass is 479 g/mol. The summed E-state index contributed by atoms with van der Waals surface area (Å²) in [6.45, 7) is 1.96. The third kappa shape index (κ3) is 6.59. The fraction of sp³-hybridized carbons (Fsp3) is 0.280. The van der Waals surface area contributed by atoms with Crippen molar-refractivity contribution < 1.29 is 14.3 Å². The van der Waals surface area contributed by atoms with Crippen molar-refractivity contribution in [3.05, 3.63) is 86.6 Å². The molecule has 0 unspecified atom stereocenters. The highest BCUT2D eigenvalue weighted by Crippen LogP contribution is 2.21. The Hall–Kier alpha value is -4.34. The van der Waals surface area contributed by atoms with Crippen molar-refractivity contribution in [1.82, 2.24) is 9.55 Å². The number of nitrogens with two attached hydrogens (primary N) is 2. The lowest BCUT2D eigenvalue weighted by Crippen LogP contribution is -2.42. The van der Waals surface area contributed by atoms with Crippen molar-refractivity contribution >= 4 is 23.3 Å². The van der Waals surface area contributed by atoms with Crippen LogP contribution in [0.25, 0.3) is 0 Å². The molecule has 0 radical (unpaired) electrons. The first-order chi connectivity index (χ1) is 16.8. The number of carbonyl (C=O) groups is 2. The Kier molecular flexibility index (Phi) is 8.44. The highest BCUT2D eigenvalue weighted by atomic mass is 16.5. The predicted octanol–water partition coefficient (Wildman–Crippen LogP) is 1.56. The Morgan fingerprint density at radius 3 is 2.34 bits per heavy atom. The van der Waals surface area contributed by atoms with E-state index in [2.05, 4.69) is 4.98 Å². The molecule has 1 heterocycles. The van der Waals surface area contributed by atoms with E-state index in [1.165, 1.54) is 9.47 Å². The van der Waals surface area contributed by atoms with Crippen molar-refractivity contribution in [2.45, 2.75) is 39.3 Å². The molecule has 1 aromatic heterocycles. The largest absolute Gasteiger partial charge is 0.484 e. The second-order valence-electron chi connectivity index (χ2n) is 8.04. The molecular weight excluding hydrogens is 450 g/mol. The molecule has 10 nitrogen and oxygen atoms in total. The molecule has 3 rings (SSSR count). The van der Waals surface area contributed by atoms with Gasteiger partial charge in [0.05, 0.1) is 13.0 Å². The van der Waals surface area contributed by atoms with E-state index in [4.69, 9.17) is 16.2 Å². The van der Waals surface area contributed by atoms with Gasteiger partial charge in [0.25, 0.3) is 11.5 Å². The van der Waals surface area contributed by atoms with Crippen molar-refractivity contribution in [3.63, 3.8) is 0 Å².